The highest BCUT2D eigenvalue weighted by Crippen LogP contribution is 2.22. The summed E-state index contributed by atoms with van der Waals surface area (Å²) in [5, 5.41) is 0. The van der Waals surface area contributed by atoms with Crippen molar-refractivity contribution in [3.63, 3.8) is 0 Å². The number of likely N-dealkylation sites (tertiary alicyclic amines) is 1. The highest BCUT2D eigenvalue weighted by Gasteiger charge is 2.33. The maximum atomic E-state index is 12.4. The molecule has 0 saturated carbocycles. The van der Waals surface area contributed by atoms with Gasteiger partial charge in [0.2, 0.25) is 5.91 Å². The lowest BCUT2D eigenvalue weighted by Crippen LogP contribution is -2.47. The van der Waals surface area contributed by atoms with Crippen LogP contribution in [0.2, 0.25) is 0 Å². The second kappa shape index (κ2) is 7.86. The number of piperidine rings is 1. The minimum atomic E-state index is -4.15. The fourth-order valence-electron chi connectivity index (χ4n) is 3.03. The number of rotatable bonds is 6. The zero-order valence-electron chi connectivity index (χ0n) is 13.4. The third kappa shape index (κ3) is 5.89. The standard InChI is InChI=1S/C16H24F3N3O/c1-20(15(23)5-4-10-21-8-2-3-9-21)14-6-11-22(12-7-14)13-16(17,18)19/h2-3,8-9,14H,4-7,10-13H2,1H3. The molecule has 0 N–H and O–H groups in total. The molecule has 0 spiro atoms. The van der Waals surface area contributed by atoms with Gasteiger partial charge in [-0.3, -0.25) is 9.69 Å². The molecule has 1 fully saturated rings. The third-order valence-corrected chi connectivity index (χ3v) is 4.37. The molecule has 1 aromatic heterocycles. The summed E-state index contributed by atoms with van der Waals surface area (Å²) in [7, 11) is 1.77. The largest absolute Gasteiger partial charge is 0.401 e. The van der Waals surface area contributed by atoms with E-state index >= 15 is 0 Å². The van der Waals surface area contributed by atoms with E-state index in [9.17, 15) is 18.0 Å². The van der Waals surface area contributed by atoms with E-state index in [0.717, 1.165) is 13.0 Å². The van der Waals surface area contributed by atoms with E-state index in [1.54, 1.807) is 11.9 Å². The summed E-state index contributed by atoms with van der Waals surface area (Å²) in [5.41, 5.74) is 0. The predicted octanol–water partition coefficient (Wildman–Crippen LogP) is 2.75. The average molecular weight is 331 g/mol. The Kier molecular flexibility index (Phi) is 6.10. The van der Waals surface area contributed by atoms with Crippen LogP contribution < -0.4 is 0 Å². The van der Waals surface area contributed by atoms with Crippen LogP contribution >= 0.6 is 0 Å². The summed E-state index contributed by atoms with van der Waals surface area (Å²) in [6, 6.07) is 3.95. The summed E-state index contributed by atoms with van der Waals surface area (Å²) in [4.78, 5) is 15.3. The minimum absolute atomic E-state index is 0.0542. The van der Waals surface area contributed by atoms with E-state index in [-0.39, 0.29) is 11.9 Å². The number of hydrogen-bond acceptors (Lipinski definition) is 2. The van der Waals surface area contributed by atoms with E-state index in [4.69, 9.17) is 0 Å². The van der Waals surface area contributed by atoms with Crippen molar-refractivity contribution in [1.29, 1.82) is 0 Å². The van der Waals surface area contributed by atoms with Gasteiger partial charge < -0.3 is 9.47 Å². The highest BCUT2D eigenvalue weighted by atomic mass is 19.4. The minimum Gasteiger partial charge on any atom is -0.354 e. The Balaban J connectivity index is 1.69. The Labute approximate surface area is 134 Å². The van der Waals surface area contributed by atoms with Gasteiger partial charge in [0.15, 0.2) is 0 Å². The van der Waals surface area contributed by atoms with Crippen LogP contribution in [0.1, 0.15) is 25.7 Å². The topological polar surface area (TPSA) is 28.5 Å². The molecule has 1 aromatic rings. The summed E-state index contributed by atoms with van der Waals surface area (Å²) in [6.07, 6.45) is 2.23. The lowest BCUT2D eigenvalue weighted by Gasteiger charge is -2.37. The summed E-state index contributed by atoms with van der Waals surface area (Å²) >= 11 is 0. The van der Waals surface area contributed by atoms with Gasteiger partial charge >= 0.3 is 6.18 Å². The van der Waals surface area contributed by atoms with Gasteiger partial charge in [0.1, 0.15) is 0 Å². The van der Waals surface area contributed by atoms with Gasteiger partial charge in [-0.15, -0.1) is 0 Å². The van der Waals surface area contributed by atoms with Crippen molar-refractivity contribution in [2.45, 2.75) is 44.4 Å². The van der Waals surface area contributed by atoms with Crippen LogP contribution in [0.15, 0.2) is 24.5 Å². The van der Waals surface area contributed by atoms with Crippen molar-refractivity contribution in [3.8, 4) is 0 Å². The lowest BCUT2D eigenvalue weighted by atomic mass is 10.0. The molecule has 0 atom stereocenters. The SMILES string of the molecule is CN(C(=O)CCCn1cccc1)C1CCN(CC(F)(F)F)CC1. The Morgan fingerprint density at radius 1 is 1.22 bits per heavy atom. The molecule has 1 saturated heterocycles. The monoisotopic (exact) mass is 331 g/mol. The zero-order valence-corrected chi connectivity index (χ0v) is 13.4. The van der Waals surface area contributed by atoms with Crippen LogP contribution in [0.4, 0.5) is 13.2 Å². The summed E-state index contributed by atoms with van der Waals surface area (Å²) in [6.45, 7) is 0.737. The molecule has 130 valence electrons. The third-order valence-electron chi connectivity index (χ3n) is 4.37. The van der Waals surface area contributed by atoms with E-state index in [1.165, 1.54) is 4.90 Å². The molecule has 0 bridgehead atoms. The zero-order chi connectivity index (χ0) is 16.9. The van der Waals surface area contributed by atoms with Crippen molar-refractivity contribution in [1.82, 2.24) is 14.4 Å². The average Bonchev–Trinajstić information content (AvgIpc) is 2.99. The molecule has 0 aromatic carbocycles. The normalized spacial score (nSPS) is 17.4. The van der Waals surface area contributed by atoms with Crippen LogP contribution in [0.5, 0.6) is 0 Å². The molecular formula is C16H24F3N3O. The fourth-order valence-corrected chi connectivity index (χ4v) is 3.03. The molecular weight excluding hydrogens is 307 g/mol. The molecule has 2 heterocycles. The maximum absolute atomic E-state index is 12.4. The van der Waals surface area contributed by atoms with Crippen molar-refractivity contribution in [2.24, 2.45) is 0 Å². The van der Waals surface area contributed by atoms with Crippen molar-refractivity contribution < 1.29 is 18.0 Å². The Morgan fingerprint density at radius 2 is 1.83 bits per heavy atom. The molecule has 2 rings (SSSR count). The van der Waals surface area contributed by atoms with E-state index < -0.39 is 12.7 Å². The summed E-state index contributed by atoms with van der Waals surface area (Å²) < 4.78 is 39.1. The first-order valence-corrected chi connectivity index (χ1v) is 8.01. The second-order valence-electron chi connectivity index (χ2n) is 6.15. The van der Waals surface area contributed by atoms with Crippen LogP contribution in [-0.2, 0) is 11.3 Å². The lowest BCUT2D eigenvalue weighted by molar-refractivity contribution is -0.150. The van der Waals surface area contributed by atoms with Crippen LogP contribution in [0.3, 0.4) is 0 Å². The molecule has 0 aliphatic carbocycles. The number of alkyl halides is 3. The van der Waals surface area contributed by atoms with Gasteiger partial charge in [0.05, 0.1) is 6.54 Å². The number of hydrogen-bond donors (Lipinski definition) is 0. The first-order valence-electron chi connectivity index (χ1n) is 8.01. The van der Waals surface area contributed by atoms with Gasteiger partial charge in [0, 0.05) is 51.5 Å². The van der Waals surface area contributed by atoms with Gasteiger partial charge in [-0.2, -0.15) is 13.2 Å². The smallest absolute Gasteiger partial charge is 0.354 e. The first-order chi connectivity index (χ1) is 10.8. The number of halogens is 3. The molecule has 1 aliphatic rings. The molecule has 0 radical (unpaired) electrons. The molecule has 1 amide bonds. The highest BCUT2D eigenvalue weighted by molar-refractivity contribution is 5.76. The molecule has 1 aliphatic heterocycles. The number of amides is 1. The van der Waals surface area contributed by atoms with Crippen molar-refractivity contribution in [3.05, 3.63) is 24.5 Å². The number of aromatic nitrogens is 1. The molecule has 4 nitrogen and oxygen atoms in total. The first kappa shape index (κ1) is 17.8. The number of aryl methyl sites for hydroxylation is 1. The Morgan fingerprint density at radius 3 is 2.39 bits per heavy atom. The van der Waals surface area contributed by atoms with E-state index in [1.807, 2.05) is 29.1 Å². The molecule has 23 heavy (non-hydrogen) atoms. The fraction of sp³-hybridized carbons (Fsp3) is 0.688. The number of carbonyl (C=O) groups is 1. The Bertz CT molecular complexity index is 479. The van der Waals surface area contributed by atoms with E-state index in [0.29, 0.717) is 32.4 Å². The van der Waals surface area contributed by atoms with Gasteiger partial charge in [0.25, 0.3) is 0 Å². The summed E-state index contributed by atoms with van der Waals surface area (Å²) in [5.74, 6) is 0.0754. The maximum Gasteiger partial charge on any atom is 0.401 e. The molecule has 0 unspecified atom stereocenters. The second-order valence-corrected chi connectivity index (χ2v) is 6.15. The number of nitrogens with zero attached hydrogens (tertiary/aromatic N) is 3. The molecule has 7 heteroatoms. The predicted molar refractivity (Wildman–Crippen MR) is 82.0 cm³/mol. The van der Waals surface area contributed by atoms with Crippen LogP contribution in [0.25, 0.3) is 0 Å². The van der Waals surface area contributed by atoms with Gasteiger partial charge in [-0.25, -0.2) is 0 Å². The van der Waals surface area contributed by atoms with Crippen molar-refractivity contribution >= 4 is 5.91 Å². The van der Waals surface area contributed by atoms with Crippen LogP contribution in [-0.4, -0.2) is 59.2 Å². The van der Waals surface area contributed by atoms with Crippen molar-refractivity contribution in [2.75, 3.05) is 26.7 Å². The Hall–Kier alpha value is -1.50. The van der Waals surface area contributed by atoms with E-state index in [2.05, 4.69) is 0 Å². The van der Waals surface area contributed by atoms with Crippen LogP contribution in [0, 0.1) is 0 Å². The van der Waals surface area contributed by atoms with Gasteiger partial charge in [-0.05, 0) is 31.4 Å². The number of carbonyl (C=O) groups excluding carboxylic acids is 1. The quantitative estimate of drug-likeness (QED) is 0.802. The van der Waals surface area contributed by atoms with Gasteiger partial charge in [-0.1, -0.05) is 0 Å².